The molecule has 0 aliphatic carbocycles. The van der Waals surface area contributed by atoms with E-state index >= 15 is 0 Å². The third kappa shape index (κ3) is 1.91. The highest BCUT2D eigenvalue weighted by Crippen LogP contribution is 2.31. The zero-order chi connectivity index (χ0) is 9.97. The van der Waals surface area contributed by atoms with E-state index in [9.17, 15) is 4.79 Å². The smallest absolute Gasteiger partial charge is 0.234 e. The molecule has 4 heteroatoms. The number of carbonyl (C=O) groups excluding carboxylic acids is 1. The van der Waals surface area contributed by atoms with Crippen molar-refractivity contribution in [2.75, 3.05) is 17.7 Å². The summed E-state index contributed by atoms with van der Waals surface area (Å²) in [6, 6.07) is 5.90. The first-order chi connectivity index (χ1) is 6.79. The van der Waals surface area contributed by atoms with Crippen molar-refractivity contribution in [1.82, 2.24) is 0 Å². The number of rotatable bonds is 2. The monoisotopic (exact) mass is 209 g/mol. The molecular formula is C10H11NO2S. The predicted octanol–water partition coefficient (Wildman–Crippen LogP) is 1.27. The molecule has 0 unspecified atom stereocenters. The first kappa shape index (κ1) is 9.55. The molecule has 2 rings (SSSR count). The van der Waals surface area contributed by atoms with Gasteiger partial charge in [-0.3, -0.25) is 4.79 Å². The van der Waals surface area contributed by atoms with Gasteiger partial charge in [-0.05, 0) is 24.1 Å². The molecule has 2 N–H and O–H groups in total. The number of benzene rings is 1. The molecule has 0 atom stereocenters. The Bertz CT molecular complexity index is 365. The summed E-state index contributed by atoms with van der Waals surface area (Å²) < 4.78 is 0. The van der Waals surface area contributed by atoms with Crippen LogP contribution in [-0.4, -0.2) is 23.4 Å². The summed E-state index contributed by atoms with van der Waals surface area (Å²) in [5.74, 6) is 0.537. The van der Waals surface area contributed by atoms with Gasteiger partial charge in [-0.2, -0.15) is 0 Å². The third-order valence-electron chi connectivity index (χ3n) is 2.08. The van der Waals surface area contributed by atoms with Crippen LogP contribution in [0.4, 0.5) is 5.69 Å². The Kier molecular flexibility index (Phi) is 2.74. The Balaban J connectivity index is 2.28. The molecule has 0 fully saturated rings. The van der Waals surface area contributed by atoms with Crippen molar-refractivity contribution >= 4 is 23.4 Å². The maximum Gasteiger partial charge on any atom is 0.234 e. The second-order valence-corrected chi connectivity index (χ2v) is 4.16. The average Bonchev–Trinajstić information content (AvgIpc) is 2.17. The first-order valence-electron chi connectivity index (χ1n) is 4.46. The van der Waals surface area contributed by atoms with Crippen LogP contribution in [0.25, 0.3) is 0 Å². The molecule has 1 amide bonds. The summed E-state index contributed by atoms with van der Waals surface area (Å²) in [5.41, 5.74) is 1.92. The fraction of sp³-hybridized carbons (Fsp3) is 0.300. The van der Waals surface area contributed by atoms with Crippen molar-refractivity contribution in [2.24, 2.45) is 0 Å². The second-order valence-electron chi connectivity index (χ2n) is 3.14. The fourth-order valence-corrected chi connectivity index (χ4v) is 2.20. The third-order valence-corrected chi connectivity index (χ3v) is 3.15. The number of fused-ring (bicyclic) bond motifs is 1. The van der Waals surface area contributed by atoms with Gasteiger partial charge in [-0.1, -0.05) is 6.07 Å². The molecule has 1 aromatic carbocycles. The number of anilines is 1. The van der Waals surface area contributed by atoms with Gasteiger partial charge in [0.2, 0.25) is 5.91 Å². The van der Waals surface area contributed by atoms with E-state index in [-0.39, 0.29) is 12.5 Å². The summed E-state index contributed by atoms with van der Waals surface area (Å²) in [4.78, 5) is 12.2. The number of hydrogen-bond acceptors (Lipinski definition) is 3. The van der Waals surface area contributed by atoms with Crippen LogP contribution in [-0.2, 0) is 11.2 Å². The van der Waals surface area contributed by atoms with E-state index < -0.39 is 0 Å². The maximum atomic E-state index is 11.1. The van der Waals surface area contributed by atoms with E-state index in [2.05, 4.69) is 5.32 Å². The minimum Gasteiger partial charge on any atom is -0.396 e. The molecule has 0 aromatic heterocycles. The molecule has 1 heterocycles. The SMILES string of the molecule is O=C1CSc2ccc(CCO)cc2N1. The van der Waals surface area contributed by atoms with E-state index in [0.29, 0.717) is 12.2 Å². The van der Waals surface area contributed by atoms with Gasteiger partial charge >= 0.3 is 0 Å². The van der Waals surface area contributed by atoms with Crippen LogP contribution in [0.2, 0.25) is 0 Å². The summed E-state index contributed by atoms with van der Waals surface area (Å²) in [6.07, 6.45) is 0.633. The van der Waals surface area contributed by atoms with E-state index in [4.69, 9.17) is 5.11 Å². The van der Waals surface area contributed by atoms with Gasteiger partial charge < -0.3 is 10.4 Å². The van der Waals surface area contributed by atoms with Crippen LogP contribution < -0.4 is 5.32 Å². The number of hydrogen-bond donors (Lipinski definition) is 2. The van der Waals surface area contributed by atoms with Gasteiger partial charge in [-0.25, -0.2) is 0 Å². The standard InChI is InChI=1S/C10H11NO2S/c12-4-3-7-1-2-9-8(5-7)11-10(13)6-14-9/h1-2,5,12H,3-4,6H2,(H,11,13). The summed E-state index contributed by atoms with van der Waals surface area (Å²) in [7, 11) is 0. The minimum atomic E-state index is 0.0450. The topological polar surface area (TPSA) is 49.3 Å². The van der Waals surface area contributed by atoms with Crippen molar-refractivity contribution in [3.63, 3.8) is 0 Å². The Morgan fingerprint density at radius 1 is 1.50 bits per heavy atom. The molecule has 1 aromatic rings. The summed E-state index contributed by atoms with van der Waals surface area (Å²) in [5, 5.41) is 11.6. The Hall–Kier alpha value is -1.00. The fourth-order valence-electron chi connectivity index (χ4n) is 1.41. The molecule has 14 heavy (non-hydrogen) atoms. The Morgan fingerprint density at radius 3 is 3.14 bits per heavy atom. The Morgan fingerprint density at radius 2 is 2.36 bits per heavy atom. The molecule has 3 nitrogen and oxygen atoms in total. The van der Waals surface area contributed by atoms with Crippen molar-refractivity contribution in [3.05, 3.63) is 23.8 Å². The number of thioether (sulfide) groups is 1. The minimum absolute atomic E-state index is 0.0450. The van der Waals surface area contributed by atoms with E-state index in [1.54, 1.807) is 11.8 Å². The molecule has 1 aliphatic rings. The van der Waals surface area contributed by atoms with Crippen molar-refractivity contribution in [2.45, 2.75) is 11.3 Å². The maximum absolute atomic E-state index is 11.1. The van der Waals surface area contributed by atoms with Crippen molar-refractivity contribution in [3.8, 4) is 0 Å². The second kappa shape index (κ2) is 4.02. The van der Waals surface area contributed by atoms with Crippen LogP contribution in [0.1, 0.15) is 5.56 Å². The largest absolute Gasteiger partial charge is 0.396 e. The summed E-state index contributed by atoms with van der Waals surface area (Å²) >= 11 is 1.55. The zero-order valence-electron chi connectivity index (χ0n) is 7.62. The van der Waals surface area contributed by atoms with E-state index in [1.165, 1.54) is 0 Å². The molecule has 0 bridgehead atoms. The lowest BCUT2D eigenvalue weighted by Crippen LogP contribution is -2.18. The highest BCUT2D eigenvalue weighted by molar-refractivity contribution is 8.00. The van der Waals surface area contributed by atoms with Crippen LogP contribution in [0.5, 0.6) is 0 Å². The highest BCUT2D eigenvalue weighted by Gasteiger charge is 2.14. The molecule has 74 valence electrons. The lowest BCUT2D eigenvalue weighted by molar-refractivity contribution is -0.113. The van der Waals surface area contributed by atoms with Gasteiger partial charge in [0.05, 0.1) is 11.4 Å². The highest BCUT2D eigenvalue weighted by atomic mass is 32.2. The normalized spacial score (nSPS) is 14.8. The average molecular weight is 209 g/mol. The van der Waals surface area contributed by atoms with Crippen LogP contribution in [0.3, 0.4) is 0 Å². The van der Waals surface area contributed by atoms with Gasteiger partial charge in [0.15, 0.2) is 0 Å². The Labute approximate surface area is 86.5 Å². The van der Waals surface area contributed by atoms with Gasteiger partial charge in [0.25, 0.3) is 0 Å². The van der Waals surface area contributed by atoms with Crippen molar-refractivity contribution in [1.29, 1.82) is 0 Å². The summed E-state index contributed by atoms with van der Waals surface area (Å²) in [6.45, 7) is 0.139. The van der Waals surface area contributed by atoms with Gasteiger partial charge in [0.1, 0.15) is 0 Å². The number of aliphatic hydroxyl groups excluding tert-OH is 1. The number of nitrogens with one attached hydrogen (secondary N) is 1. The van der Waals surface area contributed by atoms with Crippen LogP contribution in [0.15, 0.2) is 23.1 Å². The van der Waals surface area contributed by atoms with Crippen molar-refractivity contribution < 1.29 is 9.90 Å². The number of aliphatic hydroxyl groups is 1. The predicted molar refractivity (Wildman–Crippen MR) is 56.6 cm³/mol. The van der Waals surface area contributed by atoms with Gasteiger partial charge in [-0.15, -0.1) is 11.8 Å². The number of carbonyl (C=O) groups is 1. The first-order valence-corrected chi connectivity index (χ1v) is 5.44. The molecule has 0 radical (unpaired) electrons. The zero-order valence-corrected chi connectivity index (χ0v) is 8.43. The van der Waals surface area contributed by atoms with Crippen LogP contribution >= 0.6 is 11.8 Å². The lowest BCUT2D eigenvalue weighted by Gasteiger charge is -2.16. The molecular weight excluding hydrogens is 198 g/mol. The molecule has 1 aliphatic heterocycles. The van der Waals surface area contributed by atoms with E-state index in [1.807, 2.05) is 18.2 Å². The quantitative estimate of drug-likeness (QED) is 0.771. The lowest BCUT2D eigenvalue weighted by atomic mass is 10.1. The van der Waals surface area contributed by atoms with Gasteiger partial charge in [0, 0.05) is 11.5 Å². The molecule has 0 spiro atoms. The molecule has 0 saturated heterocycles. The number of amides is 1. The molecule has 0 saturated carbocycles. The van der Waals surface area contributed by atoms with Crippen LogP contribution in [0, 0.1) is 0 Å². The van der Waals surface area contributed by atoms with E-state index in [0.717, 1.165) is 16.1 Å².